The Hall–Kier alpha value is -4.44. The summed E-state index contributed by atoms with van der Waals surface area (Å²) in [5.74, 6) is -2.82. The number of anilines is 4. The summed E-state index contributed by atoms with van der Waals surface area (Å²) in [5, 5.41) is 8.88. The van der Waals surface area contributed by atoms with E-state index in [0.29, 0.717) is 5.56 Å². The van der Waals surface area contributed by atoms with Crippen molar-refractivity contribution in [2.75, 3.05) is 28.6 Å². The molecule has 51 heavy (non-hydrogen) atoms. The number of alkyl halides is 6. The summed E-state index contributed by atoms with van der Waals surface area (Å²) < 4.78 is 84.3. The Morgan fingerprint density at radius 2 is 1.67 bits per heavy atom. The number of pyridine rings is 1. The lowest BCUT2D eigenvalue weighted by molar-refractivity contribution is -0.274. The molecule has 3 N–H and O–H groups in total. The molecule has 0 saturated carbocycles. The Bertz CT molecular complexity index is 1950. The number of rotatable bonds is 8. The Morgan fingerprint density at radius 3 is 2.29 bits per heavy atom. The Balaban J connectivity index is 1.50. The normalized spacial score (nSPS) is 14.5. The van der Waals surface area contributed by atoms with Crippen LogP contribution in [0.5, 0.6) is 5.75 Å². The van der Waals surface area contributed by atoms with Crippen molar-refractivity contribution in [2.24, 2.45) is 18.4 Å². The van der Waals surface area contributed by atoms with Gasteiger partial charge >= 0.3 is 12.5 Å². The maximum absolute atomic E-state index is 13.7. The van der Waals surface area contributed by atoms with Crippen LogP contribution in [0.2, 0.25) is 10.0 Å². The quantitative estimate of drug-likeness (QED) is 0.154. The maximum atomic E-state index is 13.7. The van der Waals surface area contributed by atoms with Gasteiger partial charge in [0.1, 0.15) is 17.1 Å². The number of nitrogens with one attached hydrogen (secondary N) is 3. The molecule has 0 bridgehead atoms. The van der Waals surface area contributed by atoms with Crippen LogP contribution in [-0.4, -0.2) is 52.0 Å². The van der Waals surface area contributed by atoms with Gasteiger partial charge in [0, 0.05) is 43.9 Å². The van der Waals surface area contributed by atoms with E-state index >= 15 is 0 Å². The average Bonchev–Trinajstić information content (AvgIpc) is 3.34. The number of halogens is 8. The highest BCUT2D eigenvalue weighted by Gasteiger charge is 2.42. The van der Waals surface area contributed by atoms with Crippen molar-refractivity contribution >= 4 is 69.3 Å². The van der Waals surface area contributed by atoms with Crippen LogP contribution in [0.1, 0.15) is 49.5 Å². The van der Waals surface area contributed by atoms with Gasteiger partial charge in [-0.25, -0.2) is 9.97 Å². The second-order valence-corrected chi connectivity index (χ2v) is 13.8. The smallest absolute Gasteiger partial charge is 0.406 e. The summed E-state index contributed by atoms with van der Waals surface area (Å²) in [6.45, 7) is 5.30. The number of hydrogen-bond acceptors (Lipinski definition) is 7. The molecule has 3 heterocycles. The van der Waals surface area contributed by atoms with Gasteiger partial charge in [-0.05, 0) is 42.7 Å². The Labute approximate surface area is 298 Å². The van der Waals surface area contributed by atoms with E-state index in [1.54, 1.807) is 49.4 Å². The van der Waals surface area contributed by atoms with E-state index in [2.05, 4.69) is 30.7 Å². The first-order chi connectivity index (χ1) is 23.7. The zero-order valence-corrected chi connectivity index (χ0v) is 29.2. The molecule has 1 aliphatic heterocycles. The van der Waals surface area contributed by atoms with E-state index in [0.717, 1.165) is 12.1 Å². The average molecular weight is 761 g/mol. The number of hydrogen-bond donors (Lipinski definition) is 3. The first kappa shape index (κ1) is 37.8. The lowest BCUT2D eigenvalue weighted by Crippen LogP contribution is -2.40. The fourth-order valence-corrected chi connectivity index (χ4v) is 5.94. The minimum absolute atomic E-state index is 0.0326. The van der Waals surface area contributed by atoms with Gasteiger partial charge in [-0.1, -0.05) is 56.1 Å². The van der Waals surface area contributed by atoms with Crippen molar-refractivity contribution < 1.29 is 40.7 Å². The van der Waals surface area contributed by atoms with Crippen LogP contribution < -0.4 is 25.6 Å². The number of fused-ring (bicyclic) bond motifs is 1. The van der Waals surface area contributed by atoms with E-state index < -0.39 is 35.5 Å². The van der Waals surface area contributed by atoms with Gasteiger partial charge < -0.3 is 25.6 Å². The zero-order valence-electron chi connectivity index (χ0n) is 27.7. The number of piperidine rings is 1. The van der Waals surface area contributed by atoms with Gasteiger partial charge in [0.25, 0.3) is 5.91 Å². The zero-order chi connectivity index (χ0) is 37.5. The standard InChI is InChI=1S/C33H33Cl2F6N7O3/c1-31(2,3)29(50)42-16-17-8-9-22(34)25(24(17)35)45-30-44-23-15-21(28(49)43-19-6-5-7-20(14-19)51-33(39,40)41)26(46-27(23)47(30)4)48-12-10-18(11-13-48)32(36,37)38/h5-9,14-15,18H,10-13,16H2,1-4H3,(H,42,50)(H,43,49)(H,44,45). The van der Waals surface area contributed by atoms with E-state index in [-0.39, 0.29) is 88.3 Å². The largest absolute Gasteiger partial charge is 0.573 e. The van der Waals surface area contributed by atoms with Crippen LogP contribution in [0.4, 0.5) is 49.5 Å². The van der Waals surface area contributed by atoms with Gasteiger partial charge in [-0.3, -0.25) is 14.2 Å². The SMILES string of the molecule is Cn1c(Nc2c(Cl)ccc(CNC(=O)C(C)(C)C)c2Cl)nc2cc(C(=O)Nc3cccc(OC(F)(F)F)c3)c(N3CCC(C(F)(F)F)CC3)nc21. The molecule has 4 aromatic rings. The summed E-state index contributed by atoms with van der Waals surface area (Å²) >= 11 is 13.2. The number of aromatic nitrogens is 3. The monoisotopic (exact) mass is 759 g/mol. The van der Waals surface area contributed by atoms with Gasteiger partial charge in [-0.15, -0.1) is 13.2 Å². The number of carbonyl (C=O) groups is 2. The number of nitrogens with zero attached hydrogens (tertiary/aromatic N) is 4. The summed E-state index contributed by atoms with van der Waals surface area (Å²) in [6, 6.07) is 9.29. The van der Waals surface area contributed by atoms with Crippen molar-refractivity contribution in [3.8, 4) is 5.75 Å². The number of imidazole rings is 1. The van der Waals surface area contributed by atoms with Crippen molar-refractivity contribution in [1.29, 1.82) is 0 Å². The summed E-state index contributed by atoms with van der Waals surface area (Å²) in [5.41, 5.74) is 0.549. The molecule has 0 unspecified atom stereocenters. The van der Waals surface area contributed by atoms with Gasteiger partial charge in [-0.2, -0.15) is 13.2 Å². The molecule has 5 rings (SSSR count). The molecule has 1 aliphatic rings. The van der Waals surface area contributed by atoms with Gasteiger partial charge in [0.2, 0.25) is 11.9 Å². The molecule has 0 atom stereocenters. The molecule has 1 saturated heterocycles. The van der Waals surface area contributed by atoms with Crippen LogP contribution in [0.25, 0.3) is 11.2 Å². The predicted molar refractivity (Wildman–Crippen MR) is 182 cm³/mol. The molecular weight excluding hydrogens is 727 g/mol. The third-order valence-electron chi connectivity index (χ3n) is 8.18. The molecule has 1 fully saturated rings. The summed E-state index contributed by atoms with van der Waals surface area (Å²) in [4.78, 5) is 36.9. The maximum Gasteiger partial charge on any atom is 0.573 e. The molecule has 2 amide bonds. The third-order valence-corrected chi connectivity index (χ3v) is 8.93. The predicted octanol–water partition coefficient (Wildman–Crippen LogP) is 8.61. The molecule has 10 nitrogen and oxygen atoms in total. The number of benzene rings is 2. The van der Waals surface area contributed by atoms with Crippen molar-refractivity contribution in [3.63, 3.8) is 0 Å². The fourth-order valence-electron chi connectivity index (χ4n) is 5.41. The van der Waals surface area contributed by atoms with Crippen molar-refractivity contribution in [3.05, 3.63) is 63.6 Å². The number of amides is 2. The second kappa shape index (κ2) is 14.3. The third kappa shape index (κ3) is 8.90. The van der Waals surface area contributed by atoms with Crippen molar-refractivity contribution in [1.82, 2.24) is 19.9 Å². The van der Waals surface area contributed by atoms with Crippen LogP contribution in [0.15, 0.2) is 42.5 Å². The van der Waals surface area contributed by atoms with E-state index in [9.17, 15) is 35.9 Å². The van der Waals surface area contributed by atoms with E-state index in [4.69, 9.17) is 23.2 Å². The second-order valence-electron chi connectivity index (χ2n) is 13.0. The minimum Gasteiger partial charge on any atom is -0.406 e. The lowest BCUT2D eigenvalue weighted by Gasteiger charge is -2.34. The number of ether oxygens (including phenoxy) is 1. The number of carbonyl (C=O) groups excluding carboxylic acids is 2. The molecule has 2 aromatic carbocycles. The Kier molecular flexibility index (Phi) is 10.6. The minimum atomic E-state index is -4.96. The number of aryl methyl sites for hydroxylation is 1. The summed E-state index contributed by atoms with van der Waals surface area (Å²) in [7, 11) is 1.62. The first-order valence-electron chi connectivity index (χ1n) is 15.6. The molecule has 0 spiro atoms. The fraction of sp³-hybridized carbons (Fsp3) is 0.394. The van der Waals surface area contributed by atoms with Crippen LogP contribution >= 0.6 is 23.2 Å². The van der Waals surface area contributed by atoms with Crippen molar-refractivity contribution in [2.45, 2.75) is 52.7 Å². The molecule has 0 radical (unpaired) electrons. The van der Waals surface area contributed by atoms with E-state index in [1.807, 2.05) is 0 Å². The molecule has 0 aliphatic carbocycles. The molecule has 18 heteroatoms. The highest BCUT2D eigenvalue weighted by Crippen LogP contribution is 2.39. The van der Waals surface area contributed by atoms with Crippen LogP contribution in [-0.2, 0) is 18.4 Å². The van der Waals surface area contributed by atoms with Gasteiger partial charge in [0.05, 0.1) is 27.2 Å². The topological polar surface area (TPSA) is 113 Å². The highest BCUT2D eigenvalue weighted by atomic mass is 35.5. The van der Waals surface area contributed by atoms with Crippen LogP contribution in [0.3, 0.4) is 0 Å². The van der Waals surface area contributed by atoms with Gasteiger partial charge in [0.15, 0.2) is 5.65 Å². The van der Waals surface area contributed by atoms with Crippen LogP contribution in [0, 0.1) is 11.3 Å². The Morgan fingerprint density at radius 1 is 0.980 bits per heavy atom. The molecule has 274 valence electrons. The highest BCUT2D eigenvalue weighted by molar-refractivity contribution is 6.39. The lowest BCUT2D eigenvalue weighted by atomic mass is 9.95. The summed E-state index contributed by atoms with van der Waals surface area (Å²) in [6.07, 6.45) is -9.81. The molecular formula is C33H33Cl2F6N7O3. The van der Waals surface area contributed by atoms with E-state index in [1.165, 1.54) is 18.2 Å². The molecule has 2 aromatic heterocycles. The first-order valence-corrected chi connectivity index (χ1v) is 16.4.